The molecule has 0 radical (unpaired) electrons. The predicted octanol–water partition coefficient (Wildman–Crippen LogP) is 7.06. The highest BCUT2D eigenvalue weighted by Crippen LogP contribution is 2.40. The number of benzene rings is 4. The molecule has 4 rings (SSSR count). The van der Waals surface area contributed by atoms with Gasteiger partial charge in [0, 0.05) is 5.69 Å². The molecule has 0 aliphatic carbocycles. The molecule has 0 saturated heterocycles. The Kier molecular flexibility index (Phi) is 6.89. The molecule has 1 atom stereocenters. The zero-order chi connectivity index (χ0) is 23.1. The van der Waals surface area contributed by atoms with Crippen molar-refractivity contribution in [1.29, 1.82) is 0 Å². The van der Waals surface area contributed by atoms with Gasteiger partial charge in [-0.15, -0.1) is 0 Å². The Morgan fingerprint density at radius 2 is 1.24 bits per heavy atom. The van der Waals surface area contributed by atoms with E-state index in [2.05, 4.69) is 90.2 Å². The number of hydrogen-bond donors (Lipinski definition) is 2. The van der Waals surface area contributed by atoms with Crippen molar-refractivity contribution in [2.24, 2.45) is 0 Å². The Morgan fingerprint density at radius 1 is 0.758 bits per heavy atom. The Hall–Kier alpha value is -3.85. The third-order valence-electron chi connectivity index (χ3n) is 6.22. The van der Waals surface area contributed by atoms with Crippen LogP contribution in [-0.4, -0.2) is 11.1 Å². The molecular formula is C30H29NO2. The first-order valence-electron chi connectivity index (χ1n) is 11.4. The second-order valence-electron chi connectivity index (χ2n) is 8.30. The van der Waals surface area contributed by atoms with Gasteiger partial charge < -0.3 is 10.4 Å². The molecule has 0 aliphatic rings. The number of hydrogen-bond acceptors (Lipinski definition) is 2. The van der Waals surface area contributed by atoms with Crippen LogP contribution < -0.4 is 5.32 Å². The van der Waals surface area contributed by atoms with Crippen molar-refractivity contribution in [2.45, 2.75) is 31.2 Å². The van der Waals surface area contributed by atoms with Gasteiger partial charge in [-0.2, -0.15) is 0 Å². The van der Waals surface area contributed by atoms with Gasteiger partial charge in [-0.05, 0) is 46.7 Å². The smallest absolute Gasteiger partial charge is 0.303 e. The van der Waals surface area contributed by atoms with Crippen LogP contribution in [0.5, 0.6) is 0 Å². The maximum absolute atomic E-state index is 11.4. The van der Waals surface area contributed by atoms with Crippen LogP contribution in [0.4, 0.5) is 5.69 Å². The highest BCUT2D eigenvalue weighted by atomic mass is 16.4. The molecule has 0 aliphatic heterocycles. The minimum absolute atomic E-state index is 0.0242. The van der Waals surface area contributed by atoms with E-state index >= 15 is 0 Å². The van der Waals surface area contributed by atoms with Gasteiger partial charge in [0.2, 0.25) is 0 Å². The van der Waals surface area contributed by atoms with Gasteiger partial charge in [-0.3, -0.25) is 4.79 Å². The molecule has 166 valence electrons. The van der Waals surface area contributed by atoms with Crippen molar-refractivity contribution in [2.75, 3.05) is 5.32 Å². The van der Waals surface area contributed by atoms with E-state index in [1.165, 1.54) is 0 Å². The molecule has 0 heterocycles. The first-order chi connectivity index (χ1) is 16.1. The van der Waals surface area contributed by atoms with Gasteiger partial charge in [0.1, 0.15) is 5.54 Å². The van der Waals surface area contributed by atoms with Gasteiger partial charge in [-0.1, -0.05) is 110 Å². The molecule has 0 amide bonds. The molecule has 0 spiro atoms. The fourth-order valence-corrected chi connectivity index (χ4v) is 4.58. The molecule has 3 nitrogen and oxygen atoms in total. The van der Waals surface area contributed by atoms with Gasteiger partial charge in [0.15, 0.2) is 0 Å². The molecule has 3 heteroatoms. The first kappa shape index (κ1) is 22.3. The lowest BCUT2D eigenvalue weighted by molar-refractivity contribution is -0.137. The van der Waals surface area contributed by atoms with Crippen LogP contribution in [0.25, 0.3) is 0 Å². The van der Waals surface area contributed by atoms with Crippen molar-refractivity contribution >= 4 is 11.7 Å². The van der Waals surface area contributed by atoms with Gasteiger partial charge in [-0.25, -0.2) is 0 Å². The van der Waals surface area contributed by atoms with Crippen LogP contribution in [0, 0.1) is 0 Å². The van der Waals surface area contributed by atoms with E-state index < -0.39 is 11.5 Å². The lowest BCUT2D eigenvalue weighted by Gasteiger charge is -2.38. The third-order valence-corrected chi connectivity index (χ3v) is 6.22. The number of carboxylic acid groups (broad SMARTS) is 1. The normalized spacial score (nSPS) is 12.2. The average molecular weight is 436 g/mol. The fraction of sp³-hybridized carbons (Fsp3) is 0.167. The number of carboxylic acids is 1. The Bertz CT molecular complexity index is 1080. The minimum Gasteiger partial charge on any atom is -0.481 e. The lowest BCUT2D eigenvalue weighted by atomic mass is 9.76. The van der Waals surface area contributed by atoms with Crippen LogP contribution in [-0.2, 0) is 10.3 Å². The van der Waals surface area contributed by atoms with Crippen molar-refractivity contribution < 1.29 is 9.90 Å². The van der Waals surface area contributed by atoms with Crippen LogP contribution in [0.3, 0.4) is 0 Å². The summed E-state index contributed by atoms with van der Waals surface area (Å²) in [4.78, 5) is 11.4. The molecule has 1 unspecified atom stereocenters. The number of aliphatic carboxylic acids is 1. The summed E-state index contributed by atoms with van der Waals surface area (Å²) in [5.74, 6) is -0.795. The molecule has 0 bridgehead atoms. The molecule has 0 saturated carbocycles. The highest BCUT2D eigenvalue weighted by Gasteiger charge is 2.36. The maximum Gasteiger partial charge on any atom is 0.303 e. The summed E-state index contributed by atoms with van der Waals surface area (Å²) in [6.07, 6.45) is 0.901. The van der Waals surface area contributed by atoms with Crippen molar-refractivity contribution in [3.8, 4) is 0 Å². The van der Waals surface area contributed by atoms with E-state index in [0.29, 0.717) is 0 Å². The minimum atomic E-state index is -0.771. The van der Waals surface area contributed by atoms with Gasteiger partial charge in [0.25, 0.3) is 0 Å². The summed E-state index contributed by atoms with van der Waals surface area (Å²) in [5.41, 5.74) is 4.76. The first-order valence-corrected chi connectivity index (χ1v) is 11.4. The number of carbonyl (C=O) groups is 1. The average Bonchev–Trinajstić information content (AvgIpc) is 2.87. The van der Waals surface area contributed by atoms with Gasteiger partial charge in [0.05, 0.1) is 6.42 Å². The largest absolute Gasteiger partial charge is 0.481 e. The van der Waals surface area contributed by atoms with E-state index in [9.17, 15) is 9.90 Å². The fourth-order valence-electron chi connectivity index (χ4n) is 4.58. The summed E-state index contributed by atoms with van der Waals surface area (Å²) in [7, 11) is 0. The van der Waals surface area contributed by atoms with E-state index in [1.807, 2.05) is 37.3 Å². The second-order valence-corrected chi connectivity index (χ2v) is 8.30. The molecule has 33 heavy (non-hydrogen) atoms. The standard InChI is InChI=1S/C30H29NO2/c1-2-23(22-29(32)33)24-13-12-20-28(21-24)31-30(25-14-6-3-7-15-25,26-16-8-4-9-17-26)27-18-10-5-11-19-27/h3-21,23,31H,2,22H2,1H3,(H,32,33). The van der Waals surface area contributed by atoms with Crippen molar-refractivity contribution in [1.82, 2.24) is 0 Å². The number of rotatable bonds is 9. The summed E-state index contributed by atoms with van der Waals surface area (Å²) in [5, 5.41) is 13.2. The van der Waals surface area contributed by atoms with E-state index in [1.54, 1.807) is 0 Å². The predicted molar refractivity (Wildman–Crippen MR) is 135 cm³/mol. The number of nitrogens with one attached hydrogen (secondary N) is 1. The van der Waals surface area contributed by atoms with E-state index in [-0.39, 0.29) is 12.3 Å². The lowest BCUT2D eigenvalue weighted by Crippen LogP contribution is -2.38. The summed E-state index contributed by atoms with van der Waals surface area (Å²) in [6.45, 7) is 2.04. The van der Waals surface area contributed by atoms with Crippen LogP contribution >= 0.6 is 0 Å². The van der Waals surface area contributed by atoms with Crippen LogP contribution in [0.15, 0.2) is 115 Å². The quantitative estimate of drug-likeness (QED) is 0.277. The summed E-state index contributed by atoms with van der Waals surface area (Å²) in [6, 6.07) is 39.6. The van der Waals surface area contributed by atoms with Crippen molar-refractivity contribution in [3.05, 3.63) is 138 Å². The van der Waals surface area contributed by atoms with Crippen molar-refractivity contribution in [3.63, 3.8) is 0 Å². The molecule has 0 fully saturated rings. The maximum atomic E-state index is 11.4. The Balaban J connectivity index is 1.88. The van der Waals surface area contributed by atoms with Crippen LogP contribution in [0.1, 0.15) is 47.9 Å². The zero-order valence-corrected chi connectivity index (χ0v) is 18.8. The molecule has 0 aromatic heterocycles. The Morgan fingerprint density at radius 3 is 1.67 bits per heavy atom. The topological polar surface area (TPSA) is 49.3 Å². The summed E-state index contributed by atoms with van der Waals surface area (Å²) < 4.78 is 0. The van der Waals surface area contributed by atoms with Gasteiger partial charge >= 0.3 is 5.97 Å². The number of anilines is 1. The molecule has 4 aromatic carbocycles. The second kappa shape index (κ2) is 10.2. The molecule has 2 N–H and O–H groups in total. The highest BCUT2D eigenvalue weighted by molar-refractivity contribution is 5.68. The molecule has 4 aromatic rings. The zero-order valence-electron chi connectivity index (χ0n) is 18.8. The SMILES string of the molecule is CCC(CC(=O)O)c1cccc(NC(c2ccccc2)(c2ccccc2)c2ccccc2)c1. The van der Waals surface area contributed by atoms with E-state index in [0.717, 1.165) is 34.4 Å². The van der Waals surface area contributed by atoms with Crippen LogP contribution in [0.2, 0.25) is 0 Å². The Labute approximate surface area is 195 Å². The molecular weight excluding hydrogens is 406 g/mol. The third kappa shape index (κ3) is 4.83. The summed E-state index contributed by atoms with van der Waals surface area (Å²) >= 11 is 0. The van der Waals surface area contributed by atoms with E-state index in [4.69, 9.17) is 0 Å². The monoisotopic (exact) mass is 435 g/mol.